The number of aryl methyl sites for hydroxylation is 1. The molecule has 2 heterocycles. The van der Waals surface area contributed by atoms with Crippen molar-refractivity contribution in [1.82, 2.24) is 0 Å². The monoisotopic (exact) mass is 492 g/mol. The van der Waals surface area contributed by atoms with E-state index in [2.05, 4.69) is 15.9 Å². The van der Waals surface area contributed by atoms with Crippen LogP contribution in [0.5, 0.6) is 5.75 Å². The number of anilines is 2. The zero-order chi connectivity index (χ0) is 22.4. The van der Waals surface area contributed by atoms with Crippen molar-refractivity contribution in [2.45, 2.75) is 19.1 Å². The van der Waals surface area contributed by atoms with Gasteiger partial charge in [-0.3, -0.25) is 14.4 Å². The number of fused-ring (bicyclic) bond motifs is 1. The van der Waals surface area contributed by atoms with Crippen molar-refractivity contribution in [3.63, 3.8) is 0 Å². The first-order valence-corrected chi connectivity index (χ1v) is 11.1. The molecule has 0 aliphatic carbocycles. The number of carbonyl (C=O) groups excluding carboxylic acids is 2. The minimum Gasteiger partial charge on any atom is -0.496 e. The summed E-state index contributed by atoms with van der Waals surface area (Å²) in [6.45, 7) is 1.93. The van der Waals surface area contributed by atoms with Gasteiger partial charge in [-0.25, -0.2) is 9.96 Å². The molecule has 2 aliphatic rings. The lowest BCUT2D eigenvalue weighted by Gasteiger charge is -2.29. The highest BCUT2D eigenvalue weighted by molar-refractivity contribution is 9.10. The molecule has 0 bridgehead atoms. The molecule has 3 atom stereocenters. The normalized spacial score (nSPS) is 22.4. The van der Waals surface area contributed by atoms with Gasteiger partial charge in [0.15, 0.2) is 6.10 Å². The summed E-state index contributed by atoms with van der Waals surface area (Å²) in [6, 6.07) is 22.1. The van der Waals surface area contributed by atoms with Crippen LogP contribution in [-0.2, 0) is 14.4 Å². The van der Waals surface area contributed by atoms with Crippen molar-refractivity contribution < 1.29 is 19.2 Å². The van der Waals surface area contributed by atoms with E-state index in [-0.39, 0.29) is 11.8 Å². The zero-order valence-electron chi connectivity index (χ0n) is 17.6. The summed E-state index contributed by atoms with van der Waals surface area (Å²) in [5.74, 6) is -0.600. The molecule has 2 fully saturated rings. The molecule has 2 saturated heterocycles. The van der Waals surface area contributed by atoms with Gasteiger partial charge >= 0.3 is 0 Å². The predicted molar refractivity (Wildman–Crippen MR) is 124 cm³/mol. The molecule has 0 spiro atoms. The Kier molecular flexibility index (Phi) is 5.23. The molecule has 7 heteroatoms. The third kappa shape index (κ3) is 3.29. The van der Waals surface area contributed by atoms with Crippen LogP contribution in [0.3, 0.4) is 0 Å². The Morgan fingerprint density at radius 1 is 0.906 bits per heavy atom. The van der Waals surface area contributed by atoms with E-state index in [0.717, 1.165) is 21.3 Å². The minimum atomic E-state index is -0.894. The fraction of sp³-hybridized carbons (Fsp3) is 0.200. The number of carbonyl (C=O) groups is 2. The second kappa shape index (κ2) is 8.07. The molecule has 3 aromatic rings. The number of hydroxylamine groups is 1. The van der Waals surface area contributed by atoms with Gasteiger partial charge in [-0.2, -0.15) is 0 Å². The van der Waals surface area contributed by atoms with Gasteiger partial charge in [0.05, 0.1) is 29.0 Å². The molecular weight excluding hydrogens is 472 g/mol. The van der Waals surface area contributed by atoms with Gasteiger partial charge < -0.3 is 4.74 Å². The number of methoxy groups -OCH3 is 1. The van der Waals surface area contributed by atoms with Crippen molar-refractivity contribution in [1.29, 1.82) is 0 Å². The van der Waals surface area contributed by atoms with Gasteiger partial charge in [0.25, 0.3) is 5.91 Å². The van der Waals surface area contributed by atoms with Crippen LogP contribution in [-0.4, -0.2) is 25.0 Å². The largest absolute Gasteiger partial charge is 0.496 e. The predicted octanol–water partition coefficient (Wildman–Crippen LogP) is 4.82. The fourth-order valence-electron chi connectivity index (χ4n) is 4.44. The average molecular weight is 493 g/mol. The first-order chi connectivity index (χ1) is 15.5. The maximum atomic E-state index is 13.6. The standard InChI is InChI=1S/C25H21BrN2O4/c1-15-7-6-10-18(13-15)27-24(29)21-22(16-11-12-20(31-2)19(26)14-16)28(32-23(21)25(27)30)17-8-4-3-5-9-17/h3-14,21-23H,1-2H3/t21-,22+,23+/m0/s1. The molecule has 0 radical (unpaired) electrons. The van der Waals surface area contributed by atoms with Crippen molar-refractivity contribution in [2.24, 2.45) is 5.92 Å². The smallest absolute Gasteiger partial charge is 0.266 e. The van der Waals surface area contributed by atoms with Crippen LogP contribution in [0.1, 0.15) is 17.2 Å². The average Bonchev–Trinajstić information content (AvgIpc) is 3.30. The topological polar surface area (TPSA) is 59.1 Å². The highest BCUT2D eigenvalue weighted by Gasteiger charge is 2.60. The lowest BCUT2D eigenvalue weighted by molar-refractivity contribution is -0.126. The molecule has 2 aliphatic heterocycles. The number of halogens is 1. The molecule has 6 nitrogen and oxygen atoms in total. The van der Waals surface area contributed by atoms with Gasteiger partial charge in [0.2, 0.25) is 5.91 Å². The Hall–Kier alpha value is -3.16. The number of hydrogen-bond donors (Lipinski definition) is 0. The number of para-hydroxylation sites is 1. The number of benzene rings is 3. The summed E-state index contributed by atoms with van der Waals surface area (Å²) in [5.41, 5.74) is 3.17. The summed E-state index contributed by atoms with van der Waals surface area (Å²) in [6.07, 6.45) is -0.894. The molecule has 5 rings (SSSR count). The van der Waals surface area contributed by atoms with Crippen molar-refractivity contribution in [3.05, 3.63) is 88.4 Å². The van der Waals surface area contributed by atoms with Crippen LogP contribution >= 0.6 is 15.9 Å². The molecule has 32 heavy (non-hydrogen) atoms. The van der Waals surface area contributed by atoms with Crippen molar-refractivity contribution in [3.8, 4) is 5.75 Å². The maximum absolute atomic E-state index is 13.6. The van der Waals surface area contributed by atoms with Crippen LogP contribution in [0.4, 0.5) is 11.4 Å². The SMILES string of the molecule is COc1ccc([C@@H]2[C@@H]3C(=O)N(c4cccc(C)c4)C(=O)[C@@H]3ON2c2ccccc2)cc1Br. The first kappa shape index (κ1) is 20.7. The lowest BCUT2D eigenvalue weighted by atomic mass is 9.90. The van der Waals surface area contributed by atoms with E-state index >= 15 is 0 Å². The Labute approximate surface area is 194 Å². The van der Waals surface area contributed by atoms with Crippen LogP contribution in [0, 0.1) is 12.8 Å². The highest BCUT2D eigenvalue weighted by atomic mass is 79.9. The van der Waals surface area contributed by atoms with E-state index in [1.165, 1.54) is 4.90 Å². The first-order valence-electron chi connectivity index (χ1n) is 10.3. The van der Waals surface area contributed by atoms with Crippen LogP contribution in [0.2, 0.25) is 0 Å². The molecule has 0 unspecified atom stereocenters. The van der Waals surface area contributed by atoms with Crippen LogP contribution in [0.15, 0.2) is 77.3 Å². The summed E-state index contributed by atoms with van der Waals surface area (Å²) in [5, 5.41) is 1.69. The van der Waals surface area contributed by atoms with Gasteiger partial charge in [-0.15, -0.1) is 0 Å². The van der Waals surface area contributed by atoms with Crippen LogP contribution in [0.25, 0.3) is 0 Å². The molecule has 2 amide bonds. The molecule has 3 aromatic carbocycles. The molecule has 0 saturated carbocycles. The third-order valence-corrected chi connectivity index (χ3v) is 6.52. The van der Waals surface area contributed by atoms with Crippen LogP contribution < -0.4 is 14.7 Å². The van der Waals surface area contributed by atoms with E-state index in [0.29, 0.717) is 11.4 Å². The van der Waals surface area contributed by atoms with Gasteiger partial charge in [-0.05, 0) is 70.4 Å². The number of rotatable bonds is 4. The van der Waals surface area contributed by atoms with Gasteiger partial charge in [-0.1, -0.05) is 36.4 Å². The Balaban J connectivity index is 1.60. The molecule has 0 N–H and O–H groups in total. The Bertz CT molecular complexity index is 1200. The third-order valence-electron chi connectivity index (χ3n) is 5.90. The summed E-state index contributed by atoms with van der Waals surface area (Å²) in [7, 11) is 1.60. The summed E-state index contributed by atoms with van der Waals surface area (Å²) < 4.78 is 6.13. The molecular formula is C25H21BrN2O4. The minimum absolute atomic E-state index is 0.263. The fourth-order valence-corrected chi connectivity index (χ4v) is 5.00. The van der Waals surface area contributed by atoms with E-state index in [1.807, 2.05) is 73.7 Å². The van der Waals surface area contributed by atoms with Gasteiger partial charge in [0, 0.05) is 0 Å². The lowest BCUT2D eigenvalue weighted by Crippen LogP contribution is -2.37. The number of ether oxygens (including phenoxy) is 1. The summed E-state index contributed by atoms with van der Waals surface area (Å²) in [4.78, 5) is 34.4. The van der Waals surface area contributed by atoms with E-state index in [9.17, 15) is 9.59 Å². The Morgan fingerprint density at radius 2 is 1.66 bits per heavy atom. The van der Waals surface area contributed by atoms with Gasteiger partial charge in [0.1, 0.15) is 11.7 Å². The highest BCUT2D eigenvalue weighted by Crippen LogP contribution is 2.48. The zero-order valence-corrected chi connectivity index (χ0v) is 19.2. The number of nitrogens with zero attached hydrogens (tertiary/aromatic N) is 2. The van der Waals surface area contributed by atoms with Crippen molar-refractivity contribution in [2.75, 3.05) is 17.1 Å². The Morgan fingerprint density at radius 3 is 2.34 bits per heavy atom. The van der Waals surface area contributed by atoms with E-state index < -0.39 is 18.1 Å². The second-order valence-corrected chi connectivity index (χ2v) is 8.76. The molecule has 0 aromatic heterocycles. The number of hydrogen-bond acceptors (Lipinski definition) is 5. The van der Waals surface area contributed by atoms with E-state index in [4.69, 9.17) is 9.57 Å². The molecule has 162 valence electrons. The van der Waals surface area contributed by atoms with E-state index in [1.54, 1.807) is 18.2 Å². The maximum Gasteiger partial charge on any atom is 0.266 e. The quantitative estimate of drug-likeness (QED) is 0.488. The van der Waals surface area contributed by atoms with Crippen molar-refractivity contribution >= 4 is 39.1 Å². The number of amides is 2. The number of imide groups is 1. The summed E-state index contributed by atoms with van der Waals surface area (Å²) >= 11 is 3.54. The second-order valence-electron chi connectivity index (χ2n) is 7.90.